The zero-order valence-electron chi connectivity index (χ0n) is 39.7. The van der Waals surface area contributed by atoms with Crippen LogP contribution >= 0.6 is 0 Å². The lowest BCUT2D eigenvalue weighted by atomic mass is 10.0. The molecule has 23 nitrogen and oxygen atoms in total. The normalized spacial score (nSPS) is 17.5. The summed E-state index contributed by atoms with van der Waals surface area (Å²) in [6.07, 6.45) is 4.21. The number of carbonyl (C=O) groups is 8. The molecule has 378 valence electrons. The maximum atomic E-state index is 14.7. The van der Waals surface area contributed by atoms with Gasteiger partial charge in [0, 0.05) is 63.0 Å². The Morgan fingerprint density at radius 3 is 1.81 bits per heavy atom. The van der Waals surface area contributed by atoms with Crippen LogP contribution in [-0.4, -0.2) is 142 Å². The molecule has 2 aliphatic rings. The van der Waals surface area contributed by atoms with Gasteiger partial charge in [0.2, 0.25) is 47.3 Å². The Balaban J connectivity index is 1.32. The number of aromatic nitrogens is 1. The summed E-state index contributed by atoms with van der Waals surface area (Å²) in [7, 11) is 0. The highest BCUT2D eigenvalue weighted by Crippen LogP contribution is 2.23. The first kappa shape index (κ1) is 53.2. The molecule has 0 aliphatic carbocycles. The van der Waals surface area contributed by atoms with Gasteiger partial charge in [-0.15, -0.1) is 0 Å². The van der Waals surface area contributed by atoms with Gasteiger partial charge < -0.3 is 70.0 Å². The summed E-state index contributed by atoms with van der Waals surface area (Å²) in [6.45, 7) is 3.46. The lowest BCUT2D eigenvalue weighted by molar-refractivity contribution is -0.143. The summed E-state index contributed by atoms with van der Waals surface area (Å²) in [5.74, 6) is -5.17. The van der Waals surface area contributed by atoms with Crippen molar-refractivity contribution in [3.05, 3.63) is 71.9 Å². The van der Waals surface area contributed by atoms with E-state index in [9.17, 15) is 38.4 Å². The number of aromatic amines is 1. The molecule has 8 amide bonds. The van der Waals surface area contributed by atoms with E-state index < -0.39 is 89.6 Å². The predicted octanol–water partition coefficient (Wildman–Crippen LogP) is -2.01. The van der Waals surface area contributed by atoms with E-state index in [1.54, 1.807) is 36.5 Å². The average molecular weight is 970 g/mol. The van der Waals surface area contributed by atoms with Gasteiger partial charge in [0.25, 0.3) is 0 Å². The molecule has 16 N–H and O–H groups in total. The zero-order valence-corrected chi connectivity index (χ0v) is 39.7. The average Bonchev–Trinajstić information content (AvgIpc) is 4.11. The van der Waals surface area contributed by atoms with Crippen molar-refractivity contribution in [1.82, 2.24) is 41.4 Å². The van der Waals surface area contributed by atoms with Crippen molar-refractivity contribution in [2.75, 3.05) is 26.2 Å². The van der Waals surface area contributed by atoms with E-state index in [4.69, 9.17) is 28.7 Å². The van der Waals surface area contributed by atoms with Gasteiger partial charge in [-0.05, 0) is 75.5 Å². The van der Waals surface area contributed by atoms with Crippen molar-refractivity contribution < 1.29 is 38.4 Å². The Bertz CT molecular complexity index is 2400. The molecule has 2 saturated heterocycles. The Morgan fingerprint density at radius 2 is 1.19 bits per heavy atom. The van der Waals surface area contributed by atoms with Gasteiger partial charge in [0.05, 0.1) is 0 Å². The molecule has 2 aromatic carbocycles. The fourth-order valence-electron chi connectivity index (χ4n) is 8.80. The first-order valence-electron chi connectivity index (χ1n) is 23.5. The van der Waals surface area contributed by atoms with E-state index in [2.05, 4.69) is 41.6 Å². The monoisotopic (exact) mass is 970 g/mol. The van der Waals surface area contributed by atoms with Crippen LogP contribution in [0.4, 0.5) is 0 Å². The van der Waals surface area contributed by atoms with Gasteiger partial charge in [-0.3, -0.25) is 48.3 Å². The summed E-state index contributed by atoms with van der Waals surface area (Å²) in [6, 6.07) is 8.78. The van der Waals surface area contributed by atoms with Crippen molar-refractivity contribution in [3.8, 4) is 0 Å². The Labute approximate surface area is 405 Å². The largest absolute Gasteiger partial charge is 0.370 e. The number of hydrogen-bond donors (Lipinski definition) is 11. The third-order valence-corrected chi connectivity index (χ3v) is 12.3. The molecule has 0 radical (unpaired) electrons. The molecule has 3 heterocycles. The predicted molar refractivity (Wildman–Crippen MR) is 262 cm³/mol. The summed E-state index contributed by atoms with van der Waals surface area (Å²) in [4.78, 5) is 123. The highest BCUT2D eigenvalue weighted by molar-refractivity contribution is 5.98. The minimum Gasteiger partial charge on any atom is -0.370 e. The van der Waals surface area contributed by atoms with Crippen molar-refractivity contribution in [2.45, 2.75) is 120 Å². The molecule has 23 heteroatoms. The molecular formula is C47H67N15O8. The maximum absolute atomic E-state index is 14.7. The topological polar surface area (TPSA) is 374 Å². The SMILES string of the molecule is CC(=O)N[C@@H](Cc1c[nH]c2ccccc12)C(=O)N[C@@H](CCCN=C(N)N)C(=O)N[C@@H](Cc1ccccc1)C(=O)N1CCC[C@H]1C(=O)N[C@@H](C)C(=O)N[C@@H](CCCN=C(N)N)C(=O)N1CCC[C@H]1C(N)=O. The number of benzene rings is 2. The lowest BCUT2D eigenvalue weighted by Crippen LogP contribution is -2.59. The van der Waals surface area contributed by atoms with Crippen LogP contribution in [0.25, 0.3) is 10.9 Å². The number of aliphatic imine (C=N–C) groups is 2. The van der Waals surface area contributed by atoms with E-state index in [1.165, 1.54) is 23.6 Å². The molecule has 1 aromatic heterocycles. The number of guanidine groups is 2. The van der Waals surface area contributed by atoms with Crippen LogP contribution in [0.1, 0.15) is 76.3 Å². The highest BCUT2D eigenvalue weighted by Gasteiger charge is 2.41. The van der Waals surface area contributed by atoms with Crippen molar-refractivity contribution >= 4 is 70.1 Å². The molecule has 0 saturated carbocycles. The Morgan fingerprint density at radius 1 is 0.643 bits per heavy atom. The highest BCUT2D eigenvalue weighted by atomic mass is 16.2. The number of nitrogens with zero attached hydrogens (tertiary/aromatic N) is 4. The van der Waals surface area contributed by atoms with Crippen LogP contribution in [0, 0.1) is 0 Å². The second-order valence-corrected chi connectivity index (χ2v) is 17.6. The van der Waals surface area contributed by atoms with E-state index in [1.807, 2.05) is 24.3 Å². The minimum atomic E-state index is -1.22. The second kappa shape index (κ2) is 25.6. The number of rotatable bonds is 24. The molecule has 70 heavy (non-hydrogen) atoms. The number of primary amides is 1. The van der Waals surface area contributed by atoms with Crippen LogP contribution in [-0.2, 0) is 51.2 Å². The fraction of sp³-hybridized carbons (Fsp3) is 0.489. The number of H-pyrrole nitrogens is 1. The number of likely N-dealkylation sites (tertiary alicyclic amines) is 2. The summed E-state index contributed by atoms with van der Waals surface area (Å²) in [5, 5.41) is 14.6. The van der Waals surface area contributed by atoms with Gasteiger partial charge in [-0.25, -0.2) is 0 Å². The van der Waals surface area contributed by atoms with Crippen molar-refractivity contribution in [3.63, 3.8) is 0 Å². The number of hydrogen-bond acceptors (Lipinski definition) is 10. The molecule has 0 spiro atoms. The molecular weight excluding hydrogens is 903 g/mol. The van der Waals surface area contributed by atoms with Gasteiger partial charge in [-0.2, -0.15) is 0 Å². The van der Waals surface area contributed by atoms with Gasteiger partial charge in [-0.1, -0.05) is 48.5 Å². The van der Waals surface area contributed by atoms with Crippen LogP contribution < -0.4 is 55.3 Å². The summed E-state index contributed by atoms with van der Waals surface area (Å²) in [5.41, 5.74) is 29.9. The standard InChI is InChI=1S/C47H67N15O8/c1-27(40(65)59-34(17-9-21-54-47(51)52)44(69)61-22-10-18-37(61)39(48)64)56-43(68)38-19-11-23-62(38)45(70)36(24-29-12-4-3-5-13-29)60-41(66)33(16-8-20-53-46(49)50)58-42(67)35(57-28(2)63)25-30-26-55-32-15-7-6-14-31(30)32/h3-7,12-15,26-27,33-38,55H,8-11,16-25H2,1-2H3,(H2,48,64)(H,56,68)(H,57,63)(H,58,67)(H,59,65)(H,60,66)(H4,49,50,53)(H4,51,52,54)/t27-,33-,34-,35-,36-,37-,38-/m0/s1. The molecule has 3 aromatic rings. The van der Waals surface area contributed by atoms with E-state index >= 15 is 0 Å². The van der Waals surface area contributed by atoms with E-state index in [0.29, 0.717) is 31.2 Å². The third kappa shape index (κ3) is 15.1. The molecule has 0 unspecified atom stereocenters. The molecule has 5 rings (SSSR count). The second-order valence-electron chi connectivity index (χ2n) is 17.6. The van der Waals surface area contributed by atoms with Crippen LogP contribution in [0.15, 0.2) is 70.8 Å². The zero-order chi connectivity index (χ0) is 50.9. The Kier molecular flexibility index (Phi) is 19.5. The number of nitrogens with two attached hydrogens (primary N) is 5. The van der Waals surface area contributed by atoms with Gasteiger partial charge >= 0.3 is 0 Å². The van der Waals surface area contributed by atoms with Crippen LogP contribution in [0.3, 0.4) is 0 Å². The number of carbonyl (C=O) groups excluding carboxylic acids is 8. The summed E-state index contributed by atoms with van der Waals surface area (Å²) < 4.78 is 0. The third-order valence-electron chi connectivity index (χ3n) is 12.3. The number of para-hydroxylation sites is 1. The smallest absolute Gasteiger partial charge is 0.246 e. The molecule has 7 atom stereocenters. The van der Waals surface area contributed by atoms with Crippen molar-refractivity contribution in [2.24, 2.45) is 38.7 Å². The van der Waals surface area contributed by atoms with Gasteiger partial charge in [0.1, 0.15) is 42.3 Å². The molecule has 2 fully saturated rings. The fourth-order valence-corrected chi connectivity index (χ4v) is 8.80. The van der Waals surface area contributed by atoms with Crippen molar-refractivity contribution in [1.29, 1.82) is 0 Å². The molecule has 0 bridgehead atoms. The quantitative estimate of drug-likeness (QED) is 0.0264. The van der Waals surface area contributed by atoms with Gasteiger partial charge in [0.15, 0.2) is 11.9 Å². The van der Waals surface area contributed by atoms with E-state index in [0.717, 1.165) is 16.5 Å². The Hall–Kier alpha value is -7.72. The van der Waals surface area contributed by atoms with Crippen LogP contribution in [0.5, 0.6) is 0 Å². The minimum absolute atomic E-state index is 0.0189. The van der Waals surface area contributed by atoms with E-state index in [-0.39, 0.29) is 76.6 Å². The number of amides is 8. The lowest BCUT2D eigenvalue weighted by Gasteiger charge is -2.31. The molecule has 2 aliphatic heterocycles. The number of nitrogens with one attached hydrogen (secondary N) is 6. The van der Waals surface area contributed by atoms with Crippen LogP contribution in [0.2, 0.25) is 0 Å². The number of fused-ring (bicyclic) bond motifs is 1. The summed E-state index contributed by atoms with van der Waals surface area (Å²) >= 11 is 0. The first-order valence-corrected chi connectivity index (χ1v) is 23.5. The maximum Gasteiger partial charge on any atom is 0.246 e. The first-order chi connectivity index (χ1) is 33.4.